The third-order valence-corrected chi connectivity index (χ3v) is 6.40. The lowest BCUT2D eigenvalue weighted by Gasteiger charge is -2.15. The van der Waals surface area contributed by atoms with E-state index in [1.54, 1.807) is 0 Å². The first-order chi connectivity index (χ1) is 15.0. The fraction of sp³-hybridized carbons (Fsp3) is 0.227. The van der Waals surface area contributed by atoms with Crippen molar-refractivity contribution in [1.82, 2.24) is 14.4 Å². The summed E-state index contributed by atoms with van der Waals surface area (Å²) in [6.45, 7) is 0.326. The van der Waals surface area contributed by atoms with E-state index in [0.29, 0.717) is 23.2 Å². The summed E-state index contributed by atoms with van der Waals surface area (Å²) in [6.07, 6.45) is 2.80. The van der Waals surface area contributed by atoms with Crippen LogP contribution in [0.3, 0.4) is 0 Å². The molecule has 0 atom stereocenters. The van der Waals surface area contributed by atoms with Crippen LogP contribution in [0.15, 0.2) is 45.4 Å². The first-order valence-corrected chi connectivity index (χ1v) is 10.7. The van der Waals surface area contributed by atoms with Gasteiger partial charge in [-0.25, -0.2) is 9.18 Å². The molecule has 0 saturated heterocycles. The number of nitrogens with one attached hydrogen (secondary N) is 1. The number of ether oxygens (including phenoxy) is 1. The number of rotatable bonds is 5. The van der Waals surface area contributed by atoms with Crippen molar-refractivity contribution in [2.24, 2.45) is 5.73 Å². The second-order valence-corrected chi connectivity index (χ2v) is 8.38. The Morgan fingerprint density at radius 3 is 2.87 bits per heavy atom. The summed E-state index contributed by atoms with van der Waals surface area (Å²) in [5.41, 5.74) is 7.64. The van der Waals surface area contributed by atoms with Crippen LogP contribution in [0, 0.1) is 5.82 Å². The van der Waals surface area contributed by atoms with Crippen molar-refractivity contribution in [1.29, 1.82) is 0 Å². The molecule has 0 radical (unpaired) electrons. The lowest BCUT2D eigenvalue weighted by molar-refractivity contribution is 0.415. The van der Waals surface area contributed by atoms with Crippen molar-refractivity contribution >= 4 is 16.9 Å². The van der Waals surface area contributed by atoms with E-state index in [2.05, 4.69) is 9.97 Å². The second kappa shape index (κ2) is 7.44. The van der Waals surface area contributed by atoms with Crippen LogP contribution in [0.25, 0.3) is 27.2 Å². The summed E-state index contributed by atoms with van der Waals surface area (Å²) in [4.78, 5) is 32.6. The minimum absolute atomic E-state index is 0.0350. The summed E-state index contributed by atoms with van der Waals surface area (Å²) in [5, 5.41) is 1.81. The van der Waals surface area contributed by atoms with Crippen molar-refractivity contribution in [2.75, 3.05) is 7.11 Å². The number of thiophene rings is 1. The number of methoxy groups -OCH3 is 1. The van der Waals surface area contributed by atoms with Gasteiger partial charge in [0.2, 0.25) is 0 Å². The molecule has 0 aromatic carbocycles. The Hall–Kier alpha value is -3.30. The molecule has 31 heavy (non-hydrogen) atoms. The molecular formula is C22H19FN4O3S. The molecule has 3 N–H and O–H groups in total. The van der Waals surface area contributed by atoms with Gasteiger partial charge in [0.15, 0.2) is 11.6 Å². The largest absolute Gasteiger partial charge is 0.494 e. The highest BCUT2D eigenvalue weighted by atomic mass is 32.1. The Labute approximate surface area is 180 Å². The summed E-state index contributed by atoms with van der Waals surface area (Å²) in [5.74, 6) is -0.404. The predicted molar refractivity (Wildman–Crippen MR) is 117 cm³/mol. The van der Waals surface area contributed by atoms with E-state index in [0.717, 1.165) is 39.7 Å². The first-order valence-electron chi connectivity index (χ1n) is 9.82. The Bertz CT molecular complexity index is 1440. The van der Waals surface area contributed by atoms with E-state index < -0.39 is 17.1 Å². The summed E-state index contributed by atoms with van der Waals surface area (Å²) in [6, 6.07) is 7.42. The maximum Gasteiger partial charge on any atom is 0.333 e. The molecule has 0 amide bonds. The molecule has 1 aliphatic rings. The molecule has 0 aliphatic heterocycles. The Morgan fingerprint density at radius 1 is 1.35 bits per heavy atom. The van der Waals surface area contributed by atoms with Gasteiger partial charge in [0, 0.05) is 12.1 Å². The monoisotopic (exact) mass is 438 g/mol. The fourth-order valence-corrected chi connectivity index (χ4v) is 4.74. The number of hydrogen-bond donors (Lipinski definition) is 2. The lowest BCUT2D eigenvalue weighted by Crippen LogP contribution is -2.29. The quantitative estimate of drug-likeness (QED) is 0.498. The second-order valence-electron chi connectivity index (χ2n) is 7.47. The summed E-state index contributed by atoms with van der Waals surface area (Å²) < 4.78 is 22.0. The maximum atomic E-state index is 15.3. The number of hydrogen-bond acceptors (Lipinski definition) is 6. The number of nitrogens with zero attached hydrogens (tertiary/aromatic N) is 2. The SMILES string of the molecule is COc1c(-c2csc(-c3cccc(CN)n3)c2)c(F)cn2c(=O)[nH]c(=O)c(C3CC3)c12. The van der Waals surface area contributed by atoms with Crippen LogP contribution in [0.1, 0.15) is 30.0 Å². The highest BCUT2D eigenvalue weighted by Gasteiger charge is 2.32. The predicted octanol–water partition coefficient (Wildman–Crippen LogP) is 3.26. The number of aromatic amines is 1. The number of pyridine rings is 2. The van der Waals surface area contributed by atoms with E-state index in [1.807, 2.05) is 29.6 Å². The van der Waals surface area contributed by atoms with Gasteiger partial charge in [-0.1, -0.05) is 6.07 Å². The topological polar surface area (TPSA) is 102 Å². The maximum absolute atomic E-state index is 15.3. The molecular weight excluding hydrogens is 419 g/mol. The van der Waals surface area contributed by atoms with E-state index >= 15 is 4.39 Å². The molecule has 4 heterocycles. The smallest absolute Gasteiger partial charge is 0.333 e. The molecule has 158 valence electrons. The van der Waals surface area contributed by atoms with Crippen molar-refractivity contribution in [2.45, 2.75) is 25.3 Å². The van der Waals surface area contributed by atoms with Gasteiger partial charge in [-0.2, -0.15) is 0 Å². The molecule has 4 aromatic rings. The molecule has 7 nitrogen and oxygen atoms in total. The summed E-state index contributed by atoms with van der Waals surface area (Å²) >= 11 is 1.42. The van der Waals surface area contributed by atoms with Gasteiger partial charge in [0.05, 0.1) is 35.1 Å². The van der Waals surface area contributed by atoms with Crippen LogP contribution in [0.2, 0.25) is 0 Å². The zero-order chi connectivity index (χ0) is 21.7. The van der Waals surface area contributed by atoms with Gasteiger partial charge in [-0.05, 0) is 47.9 Å². The molecule has 0 unspecified atom stereocenters. The van der Waals surface area contributed by atoms with Gasteiger partial charge in [0.25, 0.3) is 5.56 Å². The Kier molecular flexibility index (Phi) is 4.71. The van der Waals surface area contributed by atoms with Crippen molar-refractivity contribution in [3.05, 3.63) is 73.8 Å². The van der Waals surface area contributed by atoms with Crippen LogP contribution in [-0.2, 0) is 6.54 Å². The lowest BCUT2D eigenvalue weighted by atomic mass is 10.0. The van der Waals surface area contributed by atoms with Gasteiger partial charge in [0.1, 0.15) is 5.52 Å². The number of aromatic nitrogens is 3. The molecule has 1 saturated carbocycles. The van der Waals surface area contributed by atoms with Crippen LogP contribution in [0.4, 0.5) is 4.39 Å². The first kappa shape index (κ1) is 19.7. The minimum Gasteiger partial charge on any atom is -0.494 e. The zero-order valence-corrected chi connectivity index (χ0v) is 17.5. The van der Waals surface area contributed by atoms with Crippen LogP contribution in [-0.4, -0.2) is 21.5 Å². The average Bonchev–Trinajstić information content (AvgIpc) is 3.48. The number of nitrogens with two attached hydrogens (primary N) is 1. The Balaban J connectivity index is 1.75. The number of H-pyrrole nitrogens is 1. The van der Waals surface area contributed by atoms with Crippen LogP contribution in [0.5, 0.6) is 5.75 Å². The fourth-order valence-electron chi connectivity index (χ4n) is 3.87. The molecule has 1 aliphatic carbocycles. The molecule has 9 heteroatoms. The number of fused-ring (bicyclic) bond motifs is 1. The van der Waals surface area contributed by atoms with Gasteiger partial charge in [-0.3, -0.25) is 19.2 Å². The van der Waals surface area contributed by atoms with Crippen LogP contribution >= 0.6 is 11.3 Å². The third-order valence-electron chi connectivity index (χ3n) is 5.45. The summed E-state index contributed by atoms with van der Waals surface area (Å²) in [7, 11) is 1.42. The molecule has 0 bridgehead atoms. The average molecular weight is 438 g/mol. The van der Waals surface area contributed by atoms with Gasteiger partial charge >= 0.3 is 5.69 Å². The Morgan fingerprint density at radius 2 is 2.16 bits per heavy atom. The van der Waals surface area contributed by atoms with Crippen molar-refractivity contribution in [3.8, 4) is 27.4 Å². The van der Waals surface area contributed by atoms with Crippen molar-refractivity contribution in [3.63, 3.8) is 0 Å². The van der Waals surface area contributed by atoms with E-state index in [1.165, 1.54) is 18.4 Å². The minimum atomic E-state index is -0.693. The highest BCUT2D eigenvalue weighted by Crippen LogP contribution is 2.45. The van der Waals surface area contributed by atoms with Gasteiger partial charge in [-0.15, -0.1) is 11.3 Å². The van der Waals surface area contributed by atoms with Gasteiger partial charge < -0.3 is 10.5 Å². The van der Waals surface area contributed by atoms with E-state index in [9.17, 15) is 9.59 Å². The van der Waals surface area contributed by atoms with E-state index in [-0.39, 0.29) is 17.2 Å². The normalized spacial score (nSPS) is 13.6. The van der Waals surface area contributed by atoms with Crippen LogP contribution < -0.4 is 21.7 Å². The third kappa shape index (κ3) is 3.26. The number of halogens is 1. The molecule has 1 fully saturated rings. The van der Waals surface area contributed by atoms with Crippen molar-refractivity contribution < 1.29 is 9.13 Å². The van der Waals surface area contributed by atoms with E-state index in [4.69, 9.17) is 10.5 Å². The molecule has 4 aromatic heterocycles. The highest BCUT2D eigenvalue weighted by molar-refractivity contribution is 7.14. The standard InChI is InChI=1S/C22H19FN4O3S/c1-30-20-17(12-7-16(31-10-12)15-4-2-3-13(8-24)25-15)14(23)9-27-19(20)18(11-5-6-11)21(28)26-22(27)29/h2-4,7,9-11H,5-6,8,24H2,1H3,(H,26,28,29). The molecule has 0 spiro atoms. The zero-order valence-electron chi connectivity index (χ0n) is 16.6. The molecule has 5 rings (SSSR count).